The van der Waals surface area contributed by atoms with Crippen molar-refractivity contribution in [1.82, 2.24) is 9.97 Å². The van der Waals surface area contributed by atoms with Gasteiger partial charge in [-0.3, -0.25) is 9.59 Å². The van der Waals surface area contributed by atoms with Crippen molar-refractivity contribution in [2.75, 3.05) is 28.6 Å². The van der Waals surface area contributed by atoms with Crippen molar-refractivity contribution < 1.29 is 9.59 Å². The fourth-order valence-corrected chi connectivity index (χ4v) is 2.76. The fourth-order valence-electron chi connectivity index (χ4n) is 2.76. The van der Waals surface area contributed by atoms with E-state index in [1.165, 1.54) is 6.92 Å². The zero-order valence-electron chi connectivity index (χ0n) is 18.1. The SMILES string of the molecule is CCN(CC(=O)Nc1ccc(NC(C)=O)cc1)c1cc(C(C)C)nc(C(C)C)n1. The number of benzene rings is 1. The highest BCUT2D eigenvalue weighted by Crippen LogP contribution is 2.22. The van der Waals surface area contributed by atoms with Crippen molar-refractivity contribution in [2.24, 2.45) is 0 Å². The quantitative estimate of drug-likeness (QED) is 0.699. The number of likely N-dealkylation sites (N-methyl/N-ethyl adjacent to an activating group) is 1. The van der Waals surface area contributed by atoms with Gasteiger partial charge < -0.3 is 15.5 Å². The van der Waals surface area contributed by atoms with Gasteiger partial charge in [0.05, 0.1) is 6.54 Å². The molecule has 0 saturated heterocycles. The minimum absolute atomic E-state index is 0.130. The predicted molar refractivity (Wildman–Crippen MR) is 117 cm³/mol. The van der Waals surface area contributed by atoms with Gasteiger partial charge in [0.1, 0.15) is 11.6 Å². The second kappa shape index (κ2) is 10.0. The second-order valence-electron chi connectivity index (χ2n) is 7.64. The van der Waals surface area contributed by atoms with E-state index in [1.807, 2.05) is 17.9 Å². The van der Waals surface area contributed by atoms with Crippen LogP contribution in [0.2, 0.25) is 0 Å². The molecular formula is C22H31N5O2. The topological polar surface area (TPSA) is 87.2 Å². The number of amides is 2. The molecule has 0 bridgehead atoms. The fraction of sp³-hybridized carbons (Fsp3) is 0.455. The van der Waals surface area contributed by atoms with Gasteiger partial charge in [-0.2, -0.15) is 0 Å². The molecule has 0 saturated carbocycles. The molecule has 2 aromatic rings. The molecule has 0 aliphatic rings. The highest BCUT2D eigenvalue weighted by atomic mass is 16.2. The van der Waals surface area contributed by atoms with Crippen LogP contribution in [0.5, 0.6) is 0 Å². The Labute approximate surface area is 172 Å². The Morgan fingerprint density at radius 3 is 2.03 bits per heavy atom. The first kappa shape index (κ1) is 22.3. The van der Waals surface area contributed by atoms with E-state index in [0.29, 0.717) is 17.9 Å². The zero-order valence-corrected chi connectivity index (χ0v) is 18.1. The van der Waals surface area contributed by atoms with Crippen molar-refractivity contribution in [3.05, 3.63) is 41.9 Å². The van der Waals surface area contributed by atoms with Crippen molar-refractivity contribution in [3.8, 4) is 0 Å². The summed E-state index contributed by atoms with van der Waals surface area (Å²) in [6, 6.07) is 9.00. The Bertz CT molecular complexity index is 821. The zero-order chi connectivity index (χ0) is 21.6. The van der Waals surface area contributed by atoms with Crippen LogP contribution in [-0.2, 0) is 9.59 Å². The van der Waals surface area contributed by atoms with Crippen LogP contribution in [0.25, 0.3) is 0 Å². The highest BCUT2D eigenvalue weighted by molar-refractivity contribution is 5.94. The molecule has 7 heteroatoms. The van der Waals surface area contributed by atoms with Crippen molar-refractivity contribution >= 4 is 29.0 Å². The van der Waals surface area contributed by atoms with Gasteiger partial charge in [-0.1, -0.05) is 27.7 Å². The van der Waals surface area contributed by atoms with Gasteiger partial charge in [-0.25, -0.2) is 9.97 Å². The smallest absolute Gasteiger partial charge is 0.243 e. The van der Waals surface area contributed by atoms with E-state index in [1.54, 1.807) is 24.3 Å². The molecule has 0 spiro atoms. The maximum Gasteiger partial charge on any atom is 0.243 e. The average molecular weight is 398 g/mol. The van der Waals surface area contributed by atoms with Crippen LogP contribution in [0.1, 0.15) is 64.9 Å². The number of nitrogens with zero attached hydrogens (tertiary/aromatic N) is 3. The van der Waals surface area contributed by atoms with Crippen LogP contribution in [0.4, 0.5) is 17.2 Å². The van der Waals surface area contributed by atoms with E-state index in [4.69, 9.17) is 0 Å². The highest BCUT2D eigenvalue weighted by Gasteiger charge is 2.16. The third-order valence-corrected chi connectivity index (χ3v) is 4.39. The van der Waals surface area contributed by atoms with Crippen molar-refractivity contribution in [1.29, 1.82) is 0 Å². The van der Waals surface area contributed by atoms with Crippen LogP contribution in [0, 0.1) is 0 Å². The molecule has 29 heavy (non-hydrogen) atoms. The Morgan fingerprint density at radius 2 is 1.55 bits per heavy atom. The summed E-state index contributed by atoms with van der Waals surface area (Å²) >= 11 is 0. The number of carbonyl (C=O) groups excluding carboxylic acids is 2. The lowest BCUT2D eigenvalue weighted by Crippen LogP contribution is -2.34. The summed E-state index contributed by atoms with van der Waals surface area (Å²) in [6.07, 6.45) is 0. The molecule has 156 valence electrons. The summed E-state index contributed by atoms with van der Waals surface area (Å²) in [5.41, 5.74) is 2.34. The van der Waals surface area contributed by atoms with E-state index in [-0.39, 0.29) is 30.2 Å². The van der Waals surface area contributed by atoms with E-state index in [2.05, 4.69) is 48.3 Å². The minimum Gasteiger partial charge on any atom is -0.347 e. The molecule has 0 unspecified atom stereocenters. The third-order valence-electron chi connectivity index (χ3n) is 4.39. The Hall–Kier alpha value is -2.96. The first-order chi connectivity index (χ1) is 13.7. The maximum absolute atomic E-state index is 12.6. The summed E-state index contributed by atoms with van der Waals surface area (Å²) in [6.45, 7) is 12.6. The van der Waals surface area contributed by atoms with Crippen LogP contribution >= 0.6 is 0 Å². The largest absolute Gasteiger partial charge is 0.347 e. The summed E-state index contributed by atoms with van der Waals surface area (Å²) in [5, 5.41) is 5.60. The standard InChI is InChI=1S/C22H31N5O2/c1-7-27(20-12-19(14(2)3)25-22(26-20)15(4)5)13-21(29)24-18-10-8-17(9-11-18)23-16(6)28/h8-12,14-15H,7,13H2,1-6H3,(H,23,28)(H,24,29). The van der Waals surface area contributed by atoms with E-state index in [0.717, 1.165) is 17.3 Å². The second-order valence-corrected chi connectivity index (χ2v) is 7.64. The average Bonchev–Trinajstić information content (AvgIpc) is 2.66. The molecule has 0 atom stereocenters. The van der Waals surface area contributed by atoms with Gasteiger partial charge >= 0.3 is 0 Å². The predicted octanol–water partition coefficient (Wildman–Crippen LogP) is 4.15. The van der Waals surface area contributed by atoms with Crippen LogP contribution in [-0.4, -0.2) is 34.9 Å². The first-order valence-corrected chi connectivity index (χ1v) is 10.0. The number of hydrogen-bond donors (Lipinski definition) is 2. The summed E-state index contributed by atoms with van der Waals surface area (Å²) in [7, 11) is 0. The third kappa shape index (κ3) is 6.55. The number of rotatable bonds is 8. The number of hydrogen-bond acceptors (Lipinski definition) is 5. The minimum atomic E-state index is -0.133. The molecule has 7 nitrogen and oxygen atoms in total. The van der Waals surface area contributed by atoms with Gasteiger partial charge in [0, 0.05) is 42.5 Å². The molecule has 2 amide bonds. The molecule has 1 aromatic heterocycles. The van der Waals surface area contributed by atoms with Crippen LogP contribution < -0.4 is 15.5 Å². The Morgan fingerprint density at radius 1 is 0.966 bits per heavy atom. The number of carbonyl (C=O) groups is 2. The van der Waals surface area contributed by atoms with E-state index in [9.17, 15) is 9.59 Å². The molecule has 1 aromatic carbocycles. The molecule has 2 N–H and O–H groups in total. The summed E-state index contributed by atoms with van der Waals surface area (Å²) in [4.78, 5) is 35.0. The Kier molecular flexibility index (Phi) is 7.70. The lowest BCUT2D eigenvalue weighted by molar-refractivity contribution is -0.115. The lowest BCUT2D eigenvalue weighted by atomic mass is 10.1. The molecule has 2 rings (SSSR count). The van der Waals surface area contributed by atoms with Gasteiger partial charge in [0.2, 0.25) is 11.8 Å². The molecule has 0 aliphatic heterocycles. The van der Waals surface area contributed by atoms with Crippen molar-refractivity contribution in [3.63, 3.8) is 0 Å². The summed E-state index contributed by atoms with van der Waals surface area (Å²) < 4.78 is 0. The molecular weight excluding hydrogens is 366 g/mol. The summed E-state index contributed by atoms with van der Waals surface area (Å²) in [5.74, 6) is 1.79. The lowest BCUT2D eigenvalue weighted by Gasteiger charge is -2.23. The Balaban J connectivity index is 2.12. The van der Waals surface area contributed by atoms with Crippen LogP contribution in [0.15, 0.2) is 30.3 Å². The molecule has 0 radical (unpaired) electrons. The monoisotopic (exact) mass is 397 g/mol. The van der Waals surface area contributed by atoms with E-state index >= 15 is 0 Å². The van der Waals surface area contributed by atoms with Gasteiger partial charge in [0.15, 0.2) is 0 Å². The molecule has 1 heterocycles. The van der Waals surface area contributed by atoms with Gasteiger partial charge in [-0.15, -0.1) is 0 Å². The maximum atomic E-state index is 12.6. The molecule has 0 aliphatic carbocycles. The number of nitrogens with one attached hydrogen (secondary N) is 2. The number of aromatic nitrogens is 2. The van der Waals surface area contributed by atoms with Gasteiger partial charge in [0.25, 0.3) is 0 Å². The first-order valence-electron chi connectivity index (χ1n) is 10.0. The van der Waals surface area contributed by atoms with E-state index < -0.39 is 0 Å². The van der Waals surface area contributed by atoms with Crippen LogP contribution in [0.3, 0.4) is 0 Å². The normalized spacial score (nSPS) is 10.9. The van der Waals surface area contributed by atoms with Crippen molar-refractivity contribution in [2.45, 2.75) is 53.4 Å². The molecule has 0 fully saturated rings. The van der Waals surface area contributed by atoms with Gasteiger partial charge in [-0.05, 0) is 37.1 Å². The number of anilines is 3.